The number of nitrogens with zero attached hydrogens (tertiary/aromatic N) is 4. The molecule has 1 amide bonds. The quantitative estimate of drug-likeness (QED) is 0.677. The van der Waals surface area contributed by atoms with E-state index >= 15 is 0 Å². The Morgan fingerprint density at radius 1 is 1.14 bits per heavy atom. The molecular formula is C9H14N4O. The molecule has 5 nitrogen and oxygen atoms in total. The molecule has 1 heterocycles. The van der Waals surface area contributed by atoms with Crippen molar-refractivity contribution in [3.05, 3.63) is 17.8 Å². The van der Waals surface area contributed by atoms with Gasteiger partial charge in [0.15, 0.2) is 11.5 Å². The third-order valence-corrected chi connectivity index (χ3v) is 1.73. The number of carbonyl (C=O) groups excluding carboxylic acids is 1. The Balaban J connectivity index is 2.89. The molecular weight excluding hydrogens is 180 g/mol. The molecule has 0 aliphatic heterocycles. The lowest BCUT2D eigenvalue weighted by molar-refractivity contribution is 0.0821. The summed E-state index contributed by atoms with van der Waals surface area (Å²) in [5.41, 5.74) is 0.362. The molecule has 0 saturated carbocycles. The molecule has 0 bridgehead atoms. The molecule has 76 valence electrons. The molecule has 0 spiro atoms. The molecule has 0 aliphatic rings. The average molecular weight is 194 g/mol. The second-order valence-corrected chi connectivity index (χ2v) is 3.37. The van der Waals surface area contributed by atoms with Crippen LogP contribution in [-0.2, 0) is 0 Å². The second kappa shape index (κ2) is 4.04. The Kier molecular flexibility index (Phi) is 3.01. The van der Waals surface area contributed by atoms with Crippen LogP contribution < -0.4 is 4.90 Å². The van der Waals surface area contributed by atoms with Crippen molar-refractivity contribution < 1.29 is 4.79 Å². The van der Waals surface area contributed by atoms with E-state index < -0.39 is 0 Å². The fourth-order valence-corrected chi connectivity index (χ4v) is 0.907. The van der Waals surface area contributed by atoms with Crippen LogP contribution in [0.1, 0.15) is 10.5 Å². The van der Waals surface area contributed by atoms with Crippen molar-refractivity contribution in [3.63, 3.8) is 0 Å². The van der Waals surface area contributed by atoms with Crippen LogP contribution in [0.4, 0.5) is 5.82 Å². The summed E-state index contributed by atoms with van der Waals surface area (Å²) in [4.78, 5) is 14.7. The minimum Gasteiger partial charge on any atom is -0.361 e. The first-order valence-corrected chi connectivity index (χ1v) is 4.25. The zero-order valence-electron chi connectivity index (χ0n) is 8.85. The number of anilines is 1. The molecule has 0 radical (unpaired) electrons. The van der Waals surface area contributed by atoms with Crippen molar-refractivity contribution in [1.82, 2.24) is 15.1 Å². The van der Waals surface area contributed by atoms with Crippen LogP contribution in [-0.4, -0.2) is 49.2 Å². The summed E-state index contributed by atoms with van der Waals surface area (Å²) in [5.74, 6) is 0.600. The van der Waals surface area contributed by atoms with Crippen molar-refractivity contribution in [3.8, 4) is 0 Å². The van der Waals surface area contributed by atoms with E-state index in [1.165, 1.54) is 4.90 Å². The number of rotatable bonds is 2. The zero-order valence-corrected chi connectivity index (χ0v) is 8.85. The predicted molar refractivity (Wildman–Crippen MR) is 54.4 cm³/mol. The Morgan fingerprint density at radius 2 is 1.79 bits per heavy atom. The standard InChI is InChI=1S/C9H14N4O/c1-12(2)8-6-5-7(10-11-8)9(14)13(3)4/h5-6H,1-4H3. The highest BCUT2D eigenvalue weighted by Gasteiger charge is 2.10. The van der Waals surface area contributed by atoms with Gasteiger partial charge in [-0.3, -0.25) is 4.79 Å². The van der Waals surface area contributed by atoms with E-state index in [4.69, 9.17) is 0 Å². The van der Waals surface area contributed by atoms with Gasteiger partial charge in [-0.1, -0.05) is 0 Å². The maximum absolute atomic E-state index is 11.4. The number of aromatic nitrogens is 2. The Morgan fingerprint density at radius 3 is 2.14 bits per heavy atom. The summed E-state index contributed by atoms with van der Waals surface area (Å²) < 4.78 is 0. The van der Waals surface area contributed by atoms with E-state index in [0.717, 1.165) is 5.82 Å². The molecule has 0 N–H and O–H groups in total. The average Bonchev–Trinajstić information content (AvgIpc) is 2.16. The van der Waals surface area contributed by atoms with Gasteiger partial charge in [0.1, 0.15) is 0 Å². The maximum atomic E-state index is 11.4. The molecule has 0 atom stereocenters. The molecule has 0 saturated heterocycles. The highest BCUT2D eigenvalue weighted by atomic mass is 16.2. The lowest BCUT2D eigenvalue weighted by Gasteiger charge is -2.11. The van der Waals surface area contributed by atoms with Gasteiger partial charge in [-0.05, 0) is 12.1 Å². The number of hydrogen-bond donors (Lipinski definition) is 0. The van der Waals surface area contributed by atoms with Crippen LogP contribution in [0.5, 0.6) is 0 Å². The largest absolute Gasteiger partial charge is 0.361 e. The monoisotopic (exact) mass is 194 g/mol. The first-order valence-electron chi connectivity index (χ1n) is 4.25. The van der Waals surface area contributed by atoms with Gasteiger partial charge in [0.2, 0.25) is 0 Å². The lowest BCUT2D eigenvalue weighted by atomic mass is 10.3. The van der Waals surface area contributed by atoms with Crippen molar-refractivity contribution in [2.75, 3.05) is 33.1 Å². The minimum absolute atomic E-state index is 0.136. The van der Waals surface area contributed by atoms with Gasteiger partial charge in [-0.15, -0.1) is 10.2 Å². The van der Waals surface area contributed by atoms with Crippen molar-refractivity contribution >= 4 is 11.7 Å². The Labute approximate surface area is 83.3 Å². The fourth-order valence-electron chi connectivity index (χ4n) is 0.907. The molecule has 0 unspecified atom stereocenters. The lowest BCUT2D eigenvalue weighted by Crippen LogP contribution is -2.23. The number of carbonyl (C=O) groups is 1. The molecule has 1 rings (SSSR count). The van der Waals surface area contributed by atoms with Gasteiger partial charge in [0.25, 0.3) is 5.91 Å². The van der Waals surface area contributed by atoms with Gasteiger partial charge in [-0.25, -0.2) is 0 Å². The van der Waals surface area contributed by atoms with E-state index in [-0.39, 0.29) is 5.91 Å². The van der Waals surface area contributed by atoms with Gasteiger partial charge in [-0.2, -0.15) is 0 Å². The second-order valence-electron chi connectivity index (χ2n) is 3.37. The predicted octanol–water partition coefficient (Wildman–Crippen LogP) is 0.244. The topological polar surface area (TPSA) is 49.3 Å². The van der Waals surface area contributed by atoms with Crippen molar-refractivity contribution in [2.24, 2.45) is 0 Å². The molecule has 5 heteroatoms. The molecule has 0 aromatic carbocycles. The first kappa shape index (κ1) is 10.4. The summed E-state index contributed by atoms with van der Waals surface area (Å²) in [5, 5.41) is 7.75. The molecule has 0 fully saturated rings. The first-order chi connectivity index (χ1) is 6.52. The number of amides is 1. The van der Waals surface area contributed by atoms with Gasteiger partial charge in [0.05, 0.1) is 0 Å². The van der Waals surface area contributed by atoms with Gasteiger partial charge < -0.3 is 9.80 Å². The third-order valence-electron chi connectivity index (χ3n) is 1.73. The van der Waals surface area contributed by atoms with Gasteiger partial charge >= 0.3 is 0 Å². The Hall–Kier alpha value is -1.65. The summed E-state index contributed by atoms with van der Waals surface area (Å²) in [6.45, 7) is 0. The zero-order chi connectivity index (χ0) is 10.7. The smallest absolute Gasteiger partial charge is 0.273 e. The van der Waals surface area contributed by atoms with Crippen LogP contribution in [0.2, 0.25) is 0 Å². The van der Waals surface area contributed by atoms with Gasteiger partial charge in [0, 0.05) is 28.2 Å². The normalized spacial score (nSPS) is 9.71. The van der Waals surface area contributed by atoms with Crippen LogP contribution in [0.15, 0.2) is 12.1 Å². The van der Waals surface area contributed by atoms with Crippen LogP contribution in [0.3, 0.4) is 0 Å². The molecule has 14 heavy (non-hydrogen) atoms. The van der Waals surface area contributed by atoms with Crippen molar-refractivity contribution in [2.45, 2.75) is 0 Å². The SMILES string of the molecule is CN(C)C(=O)c1ccc(N(C)C)nn1. The van der Waals surface area contributed by atoms with E-state index in [1.54, 1.807) is 26.2 Å². The molecule has 1 aromatic heterocycles. The van der Waals surface area contributed by atoms with Crippen LogP contribution in [0, 0.1) is 0 Å². The number of hydrogen-bond acceptors (Lipinski definition) is 4. The maximum Gasteiger partial charge on any atom is 0.273 e. The van der Waals surface area contributed by atoms with E-state index in [9.17, 15) is 4.79 Å². The third kappa shape index (κ3) is 2.18. The highest BCUT2D eigenvalue weighted by molar-refractivity contribution is 5.91. The van der Waals surface area contributed by atoms with E-state index in [0.29, 0.717) is 5.69 Å². The van der Waals surface area contributed by atoms with E-state index in [2.05, 4.69) is 10.2 Å². The summed E-state index contributed by atoms with van der Waals surface area (Å²) in [6, 6.07) is 3.44. The molecule has 0 aliphatic carbocycles. The highest BCUT2D eigenvalue weighted by Crippen LogP contribution is 2.05. The Bertz CT molecular complexity index is 318. The van der Waals surface area contributed by atoms with E-state index in [1.807, 2.05) is 19.0 Å². The minimum atomic E-state index is -0.136. The molecule has 1 aromatic rings. The summed E-state index contributed by atoms with van der Waals surface area (Å²) >= 11 is 0. The summed E-state index contributed by atoms with van der Waals surface area (Å²) in [7, 11) is 7.11. The van der Waals surface area contributed by atoms with Crippen LogP contribution >= 0.6 is 0 Å². The van der Waals surface area contributed by atoms with Crippen molar-refractivity contribution in [1.29, 1.82) is 0 Å². The van der Waals surface area contributed by atoms with Crippen LogP contribution in [0.25, 0.3) is 0 Å². The fraction of sp³-hybridized carbons (Fsp3) is 0.444. The summed E-state index contributed by atoms with van der Waals surface area (Å²) in [6.07, 6.45) is 0.